The molecule has 0 unspecified atom stereocenters. The van der Waals surface area contributed by atoms with Crippen LogP contribution in [-0.2, 0) is 11.3 Å². The summed E-state index contributed by atoms with van der Waals surface area (Å²) in [4.78, 5) is 19.2. The molecule has 0 spiro atoms. The first kappa shape index (κ1) is 19.1. The van der Waals surface area contributed by atoms with Crippen LogP contribution in [0.2, 0.25) is 0 Å². The van der Waals surface area contributed by atoms with Crippen molar-refractivity contribution in [2.75, 3.05) is 65.5 Å². The molecule has 0 aromatic heterocycles. The maximum Gasteiger partial charge on any atom is 0.223 e. The van der Waals surface area contributed by atoms with E-state index in [-0.39, 0.29) is 0 Å². The van der Waals surface area contributed by atoms with E-state index < -0.39 is 0 Å². The number of amides is 1. The summed E-state index contributed by atoms with van der Waals surface area (Å²) in [5.41, 5.74) is 1.33. The number of hydrogen-bond acceptors (Lipinski definition) is 5. The molecule has 2 aliphatic heterocycles. The van der Waals surface area contributed by atoms with Crippen LogP contribution < -0.4 is 10.1 Å². The fourth-order valence-corrected chi connectivity index (χ4v) is 3.61. The SMILES string of the molecule is CCOc1ccc(CN2CCN(CCC(=O)N3CCNCC3)CC2)cc1. The Morgan fingerprint density at radius 3 is 2.31 bits per heavy atom. The van der Waals surface area contributed by atoms with Crippen molar-refractivity contribution in [1.29, 1.82) is 0 Å². The number of ether oxygens (including phenoxy) is 1. The molecule has 6 heteroatoms. The average molecular weight is 361 g/mol. The first-order valence-electron chi connectivity index (χ1n) is 9.89. The molecule has 26 heavy (non-hydrogen) atoms. The van der Waals surface area contributed by atoms with E-state index in [2.05, 4.69) is 39.4 Å². The van der Waals surface area contributed by atoms with Gasteiger partial charge in [0.2, 0.25) is 5.91 Å². The van der Waals surface area contributed by atoms with Crippen LogP contribution in [0.25, 0.3) is 0 Å². The standard InChI is InChI=1S/C20H32N4O2/c1-2-26-19-5-3-18(4-6-19)17-23-15-13-22(14-16-23)10-7-20(25)24-11-8-21-9-12-24/h3-6,21H,2,7-17H2,1H3. The third-order valence-electron chi connectivity index (χ3n) is 5.22. The summed E-state index contributed by atoms with van der Waals surface area (Å²) in [5.74, 6) is 1.25. The number of carbonyl (C=O) groups excluding carboxylic acids is 1. The maximum atomic E-state index is 12.3. The van der Waals surface area contributed by atoms with Crippen LogP contribution in [0.4, 0.5) is 0 Å². The van der Waals surface area contributed by atoms with Crippen molar-refractivity contribution >= 4 is 5.91 Å². The Morgan fingerprint density at radius 1 is 1.00 bits per heavy atom. The molecule has 2 aliphatic rings. The molecule has 2 heterocycles. The lowest BCUT2D eigenvalue weighted by Gasteiger charge is -2.35. The van der Waals surface area contributed by atoms with E-state index in [0.29, 0.717) is 18.9 Å². The smallest absolute Gasteiger partial charge is 0.223 e. The largest absolute Gasteiger partial charge is 0.494 e. The molecule has 0 saturated carbocycles. The lowest BCUT2D eigenvalue weighted by Crippen LogP contribution is -2.49. The van der Waals surface area contributed by atoms with Crippen LogP contribution in [0.1, 0.15) is 18.9 Å². The van der Waals surface area contributed by atoms with E-state index in [0.717, 1.165) is 71.2 Å². The third kappa shape index (κ3) is 5.69. The minimum absolute atomic E-state index is 0.309. The van der Waals surface area contributed by atoms with Crippen molar-refractivity contribution in [3.05, 3.63) is 29.8 Å². The van der Waals surface area contributed by atoms with E-state index in [4.69, 9.17) is 4.74 Å². The highest BCUT2D eigenvalue weighted by molar-refractivity contribution is 5.76. The fourth-order valence-electron chi connectivity index (χ4n) is 3.61. The van der Waals surface area contributed by atoms with Gasteiger partial charge in [-0.3, -0.25) is 9.69 Å². The number of nitrogens with zero attached hydrogens (tertiary/aromatic N) is 3. The molecule has 1 N–H and O–H groups in total. The summed E-state index contributed by atoms with van der Waals surface area (Å²) in [6.45, 7) is 12.4. The molecule has 6 nitrogen and oxygen atoms in total. The Balaban J connectivity index is 1.35. The predicted octanol–water partition coefficient (Wildman–Crippen LogP) is 1.02. The van der Waals surface area contributed by atoms with Gasteiger partial charge in [-0.25, -0.2) is 0 Å². The first-order chi connectivity index (χ1) is 12.7. The highest BCUT2D eigenvalue weighted by atomic mass is 16.5. The van der Waals surface area contributed by atoms with Gasteiger partial charge in [-0.05, 0) is 24.6 Å². The van der Waals surface area contributed by atoms with Crippen molar-refractivity contribution < 1.29 is 9.53 Å². The number of nitrogens with one attached hydrogen (secondary N) is 1. The topological polar surface area (TPSA) is 48.1 Å². The lowest BCUT2D eigenvalue weighted by molar-refractivity contribution is -0.132. The number of carbonyl (C=O) groups is 1. The van der Waals surface area contributed by atoms with Crippen LogP contribution in [0.15, 0.2) is 24.3 Å². The molecular formula is C20H32N4O2. The second kappa shape index (κ2) is 9.90. The highest BCUT2D eigenvalue weighted by Crippen LogP contribution is 2.15. The normalized spacial score (nSPS) is 19.5. The van der Waals surface area contributed by atoms with Gasteiger partial charge in [0.05, 0.1) is 6.61 Å². The Bertz CT molecular complexity index is 549. The van der Waals surface area contributed by atoms with Gasteiger partial charge in [-0.15, -0.1) is 0 Å². The van der Waals surface area contributed by atoms with Gasteiger partial charge in [0.25, 0.3) is 0 Å². The van der Waals surface area contributed by atoms with Crippen LogP contribution in [-0.4, -0.2) is 86.1 Å². The van der Waals surface area contributed by atoms with Gasteiger partial charge in [-0.1, -0.05) is 12.1 Å². The summed E-state index contributed by atoms with van der Waals surface area (Å²) in [6.07, 6.45) is 0.652. The molecular weight excluding hydrogens is 328 g/mol. The van der Waals surface area contributed by atoms with Gasteiger partial charge in [0, 0.05) is 71.9 Å². The zero-order chi connectivity index (χ0) is 18.2. The second-order valence-electron chi connectivity index (χ2n) is 7.08. The van der Waals surface area contributed by atoms with E-state index in [1.165, 1.54) is 5.56 Å². The Labute approximate surface area is 157 Å². The molecule has 0 atom stereocenters. The first-order valence-corrected chi connectivity index (χ1v) is 9.89. The summed E-state index contributed by atoms with van der Waals surface area (Å²) < 4.78 is 5.50. The second-order valence-corrected chi connectivity index (χ2v) is 7.08. The summed E-state index contributed by atoms with van der Waals surface area (Å²) in [7, 11) is 0. The monoisotopic (exact) mass is 360 g/mol. The molecule has 2 saturated heterocycles. The summed E-state index contributed by atoms with van der Waals surface area (Å²) in [6, 6.07) is 8.42. The summed E-state index contributed by atoms with van der Waals surface area (Å²) in [5, 5.41) is 3.29. The van der Waals surface area contributed by atoms with Crippen LogP contribution in [0, 0.1) is 0 Å². The van der Waals surface area contributed by atoms with Gasteiger partial charge in [-0.2, -0.15) is 0 Å². The zero-order valence-electron chi connectivity index (χ0n) is 16.0. The molecule has 144 valence electrons. The number of piperazine rings is 2. The van der Waals surface area contributed by atoms with E-state index in [1.54, 1.807) is 0 Å². The molecule has 1 amide bonds. The highest BCUT2D eigenvalue weighted by Gasteiger charge is 2.20. The van der Waals surface area contributed by atoms with Crippen molar-refractivity contribution in [2.45, 2.75) is 19.9 Å². The third-order valence-corrected chi connectivity index (χ3v) is 5.22. The Morgan fingerprint density at radius 2 is 1.65 bits per heavy atom. The van der Waals surface area contributed by atoms with E-state index in [1.807, 2.05) is 11.8 Å². The minimum Gasteiger partial charge on any atom is -0.494 e. The van der Waals surface area contributed by atoms with Gasteiger partial charge < -0.3 is 19.9 Å². The van der Waals surface area contributed by atoms with Crippen molar-refractivity contribution in [2.24, 2.45) is 0 Å². The van der Waals surface area contributed by atoms with E-state index in [9.17, 15) is 4.79 Å². The van der Waals surface area contributed by atoms with Crippen LogP contribution in [0.5, 0.6) is 5.75 Å². The molecule has 3 rings (SSSR count). The fraction of sp³-hybridized carbons (Fsp3) is 0.650. The predicted molar refractivity (Wildman–Crippen MR) is 103 cm³/mol. The van der Waals surface area contributed by atoms with Crippen molar-refractivity contribution in [3.63, 3.8) is 0 Å². The van der Waals surface area contributed by atoms with E-state index >= 15 is 0 Å². The van der Waals surface area contributed by atoms with Crippen LogP contribution in [0.3, 0.4) is 0 Å². The van der Waals surface area contributed by atoms with Gasteiger partial charge >= 0.3 is 0 Å². The molecule has 0 radical (unpaired) electrons. The number of rotatable bonds is 7. The minimum atomic E-state index is 0.309. The quantitative estimate of drug-likeness (QED) is 0.787. The van der Waals surface area contributed by atoms with Crippen molar-refractivity contribution in [1.82, 2.24) is 20.0 Å². The Kier molecular flexibility index (Phi) is 7.29. The number of hydrogen-bond donors (Lipinski definition) is 1. The number of benzene rings is 1. The van der Waals surface area contributed by atoms with Gasteiger partial charge in [0.15, 0.2) is 0 Å². The van der Waals surface area contributed by atoms with Gasteiger partial charge in [0.1, 0.15) is 5.75 Å². The molecule has 1 aromatic rings. The lowest BCUT2D eigenvalue weighted by atomic mass is 10.2. The zero-order valence-corrected chi connectivity index (χ0v) is 16.0. The molecule has 0 aliphatic carbocycles. The Hall–Kier alpha value is -1.63. The van der Waals surface area contributed by atoms with Crippen molar-refractivity contribution in [3.8, 4) is 5.75 Å². The molecule has 2 fully saturated rings. The molecule has 0 bridgehead atoms. The average Bonchev–Trinajstić information content (AvgIpc) is 2.69. The molecule has 1 aromatic carbocycles. The maximum absolute atomic E-state index is 12.3. The summed E-state index contributed by atoms with van der Waals surface area (Å²) >= 11 is 0. The van der Waals surface area contributed by atoms with Crippen LogP contribution >= 0.6 is 0 Å².